The molecule has 0 saturated carbocycles. The Kier molecular flexibility index (Phi) is 7.17. The second kappa shape index (κ2) is 10.0. The molecule has 0 fully saturated rings. The third kappa shape index (κ3) is 4.89. The van der Waals surface area contributed by atoms with Crippen LogP contribution in [0.4, 0.5) is 5.69 Å². The van der Waals surface area contributed by atoms with Crippen molar-refractivity contribution < 1.29 is 33.6 Å². The maximum absolute atomic E-state index is 12.6. The van der Waals surface area contributed by atoms with E-state index in [4.69, 9.17) is 9.47 Å². The van der Waals surface area contributed by atoms with E-state index in [1.807, 2.05) is 0 Å². The number of imide groups is 1. The van der Waals surface area contributed by atoms with Crippen LogP contribution < -0.4 is 0 Å². The lowest BCUT2D eigenvalue weighted by Crippen LogP contribution is -2.30. The normalized spacial score (nSPS) is 12.6. The first-order valence-electron chi connectivity index (χ1n) is 10.3. The summed E-state index contributed by atoms with van der Waals surface area (Å²) in [6, 6.07) is 10.5. The first kappa shape index (κ1) is 23.6. The lowest BCUT2D eigenvalue weighted by Gasteiger charge is -2.17. The fraction of sp³-hybridized carbons (Fsp3) is 0.304. The second-order valence-electron chi connectivity index (χ2n) is 7.22. The zero-order valence-corrected chi connectivity index (χ0v) is 18.1. The van der Waals surface area contributed by atoms with Gasteiger partial charge in [-0.1, -0.05) is 18.2 Å². The number of carbonyl (C=O) groups excluding carboxylic acids is 4. The molecule has 1 aliphatic rings. The van der Waals surface area contributed by atoms with Gasteiger partial charge in [0.05, 0.1) is 35.8 Å². The Morgan fingerprint density at radius 3 is 2.00 bits per heavy atom. The molecule has 33 heavy (non-hydrogen) atoms. The molecule has 3 rings (SSSR count). The van der Waals surface area contributed by atoms with Gasteiger partial charge in [0, 0.05) is 18.1 Å². The van der Waals surface area contributed by atoms with Crippen LogP contribution >= 0.6 is 0 Å². The minimum Gasteiger partial charge on any atom is -0.465 e. The quantitative estimate of drug-likeness (QED) is 0.186. The predicted octanol–water partition coefficient (Wildman–Crippen LogP) is 2.68. The number of esters is 2. The number of fused-ring (bicyclic) bond motifs is 1. The van der Waals surface area contributed by atoms with Crippen LogP contribution in [0.2, 0.25) is 0 Å². The third-order valence-electron chi connectivity index (χ3n) is 5.13. The van der Waals surface area contributed by atoms with Crippen LogP contribution in [-0.4, -0.2) is 46.8 Å². The van der Waals surface area contributed by atoms with E-state index in [9.17, 15) is 29.3 Å². The molecular weight excluding hydrogens is 432 g/mol. The molecule has 0 N–H and O–H groups in total. The number of ether oxygens (including phenoxy) is 2. The smallest absolute Gasteiger partial charge is 0.320 e. The van der Waals surface area contributed by atoms with Crippen LogP contribution in [-0.2, 0) is 32.0 Å². The van der Waals surface area contributed by atoms with Crippen LogP contribution in [0.25, 0.3) is 0 Å². The average Bonchev–Trinajstić information content (AvgIpc) is 3.02. The summed E-state index contributed by atoms with van der Waals surface area (Å²) in [6.07, 6.45) is -0.329. The molecule has 0 spiro atoms. The molecule has 0 saturated heterocycles. The molecule has 2 amide bonds. The summed E-state index contributed by atoms with van der Waals surface area (Å²) < 4.78 is 9.88. The van der Waals surface area contributed by atoms with Crippen molar-refractivity contribution in [2.24, 2.45) is 5.92 Å². The average molecular weight is 454 g/mol. The van der Waals surface area contributed by atoms with Gasteiger partial charge in [-0.3, -0.25) is 34.2 Å². The van der Waals surface area contributed by atoms with Crippen LogP contribution in [0, 0.1) is 16.0 Å². The Morgan fingerprint density at radius 2 is 1.52 bits per heavy atom. The predicted molar refractivity (Wildman–Crippen MR) is 114 cm³/mol. The molecule has 0 radical (unpaired) electrons. The Hall–Kier alpha value is -4.08. The van der Waals surface area contributed by atoms with E-state index in [1.165, 1.54) is 18.2 Å². The number of carbonyl (C=O) groups is 4. The molecule has 10 nitrogen and oxygen atoms in total. The summed E-state index contributed by atoms with van der Waals surface area (Å²) >= 11 is 0. The van der Waals surface area contributed by atoms with Crippen LogP contribution in [0.3, 0.4) is 0 Å². The first-order chi connectivity index (χ1) is 15.8. The van der Waals surface area contributed by atoms with E-state index in [2.05, 4.69) is 0 Å². The molecule has 0 unspecified atom stereocenters. The van der Waals surface area contributed by atoms with Crippen LogP contribution in [0.15, 0.2) is 42.5 Å². The SMILES string of the molecule is CCOC(=O)C(Cc1cc(CN2C(=O)c3ccccc3C2=O)ccc1[N+](=O)[O-])C(=O)OCC. The van der Waals surface area contributed by atoms with Gasteiger partial charge in [-0.2, -0.15) is 0 Å². The van der Waals surface area contributed by atoms with Crippen molar-refractivity contribution in [3.05, 3.63) is 74.8 Å². The molecule has 0 bridgehead atoms. The van der Waals surface area contributed by atoms with E-state index in [-0.39, 0.29) is 48.6 Å². The molecule has 0 atom stereocenters. The summed E-state index contributed by atoms with van der Waals surface area (Å²) in [6.45, 7) is 3.07. The number of rotatable bonds is 9. The van der Waals surface area contributed by atoms with E-state index in [0.717, 1.165) is 4.90 Å². The standard InChI is InChI=1S/C23H22N2O8/c1-3-32-22(28)18(23(29)33-4-2)12-15-11-14(9-10-19(15)25(30)31)13-24-20(26)16-7-5-6-8-17(16)21(24)27/h5-11,18H,3-4,12-13H2,1-2H3. The lowest BCUT2D eigenvalue weighted by atomic mass is 9.96. The van der Waals surface area contributed by atoms with Crippen molar-refractivity contribution in [1.82, 2.24) is 4.90 Å². The number of hydrogen-bond donors (Lipinski definition) is 0. The zero-order chi connectivity index (χ0) is 24.1. The zero-order valence-electron chi connectivity index (χ0n) is 18.1. The number of nitrogens with zero attached hydrogens (tertiary/aromatic N) is 2. The van der Waals surface area contributed by atoms with Gasteiger partial charge in [0.2, 0.25) is 0 Å². The summed E-state index contributed by atoms with van der Waals surface area (Å²) in [5, 5.41) is 11.6. The largest absolute Gasteiger partial charge is 0.465 e. The fourth-order valence-electron chi connectivity index (χ4n) is 3.61. The van der Waals surface area contributed by atoms with Crippen molar-refractivity contribution in [2.45, 2.75) is 26.8 Å². The number of nitro groups is 1. The number of amides is 2. The summed E-state index contributed by atoms with van der Waals surface area (Å²) in [7, 11) is 0. The van der Waals surface area contributed by atoms with Crippen LogP contribution in [0.1, 0.15) is 45.7 Å². The van der Waals surface area contributed by atoms with Crippen molar-refractivity contribution in [1.29, 1.82) is 0 Å². The van der Waals surface area contributed by atoms with E-state index in [0.29, 0.717) is 5.56 Å². The molecule has 172 valence electrons. The van der Waals surface area contributed by atoms with Crippen molar-refractivity contribution in [2.75, 3.05) is 13.2 Å². The highest BCUT2D eigenvalue weighted by molar-refractivity contribution is 6.21. The number of hydrogen-bond acceptors (Lipinski definition) is 8. The summed E-state index contributed by atoms with van der Waals surface area (Å²) in [4.78, 5) is 61.9. The van der Waals surface area contributed by atoms with Crippen molar-refractivity contribution >= 4 is 29.4 Å². The highest BCUT2D eigenvalue weighted by Gasteiger charge is 2.36. The number of nitro benzene ring substituents is 1. The Balaban J connectivity index is 1.92. The minimum atomic E-state index is -1.39. The van der Waals surface area contributed by atoms with Gasteiger partial charge in [0.15, 0.2) is 5.92 Å². The van der Waals surface area contributed by atoms with E-state index in [1.54, 1.807) is 38.1 Å². The maximum atomic E-state index is 12.6. The fourth-order valence-corrected chi connectivity index (χ4v) is 3.61. The van der Waals surface area contributed by atoms with Gasteiger partial charge < -0.3 is 9.47 Å². The van der Waals surface area contributed by atoms with Gasteiger partial charge in [-0.05, 0) is 37.6 Å². The maximum Gasteiger partial charge on any atom is 0.320 e. The number of benzene rings is 2. The van der Waals surface area contributed by atoms with Gasteiger partial charge in [-0.25, -0.2) is 0 Å². The molecule has 2 aromatic carbocycles. The minimum absolute atomic E-state index is 0.0244. The highest BCUT2D eigenvalue weighted by atomic mass is 16.6. The highest BCUT2D eigenvalue weighted by Crippen LogP contribution is 2.28. The van der Waals surface area contributed by atoms with E-state index < -0.39 is 34.6 Å². The summed E-state index contributed by atoms with van der Waals surface area (Å²) in [5.74, 6) is -4.02. The van der Waals surface area contributed by atoms with Gasteiger partial charge in [0.25, 0.3) is 17.5 Å². The molecular formula is C23H22N2O8. The summed E-state index contributed by atoms with van der Waals surface area (Å²) in [5.41, 5.74) is 0.778. The molecule has 2 aromatic rings. The van der Waals surface area contributed by atoms with Crippen molar-refractivity contribution in [3.8, 4) is 0 Å². The monoisotopic (exact) mass is 454 g/mol. The lowest BCUT2D eigenvalue weighted by molar-refractivity contribution is -0.385. The van der Waals surface area contributed by atoms with Crippen molar-refractivity contribution in [3.63, 3.8) is 0 Å². The van der Waals surface area contributed by atoms with Gasteiger partial charge in [-0.15, -0.1) is 0 Å². The topological polar surface area (TPSA) is 133 Å². The molecule has 1 aliphatic heterocycles. The Bertz CT molecular complexity index is 1070. The molecule has 1 heterocycles. The first-order valence-corrected chi connectivity index (χ1v) is 10.3. The molecule has 0 aliphatic carbocycles. The van der Waals surface area contributed by atoms with Gasteiger partial charge in [0.1, 0.15) is 0 Å². The second-order valence-corrected chi connectivity index (χ2v) is 7.22. The van der Waals surface area contributed by atoms with Gasteiger partial charge >= 0.3 is 11.9 Å². The Labute approximate surface area is 189 Å². The van der Waals surface area contributed by atoms with E-state index >= 15 is 0 Å². The molecule has 10 heteroatoms. The molecule has 0 aromatic heterocycles. The third-order valence-corrected chi connectivity index (χ3v) is 5.13. The van der Waals surface area contributed by atoms with Crippen LogP contribution in [0.5, 0.6) is 0 Å². The Morgan fingerprint density at radius 1 is 0.970 bits per heavy atom.